The minimum atomic E-state index is -0.998. The van der Waals surface area contributed by atoms with E-state index in [9.17, 15) is 29.3 Å². The van der Waals surface area contributed by atoms with Gasteiger partial charge in [0.2, 0.25) is 0 Å². The number of halogens is 1. The SMILES string of the molecule is Cc1cc(NC(=O)COC(=O)c2ccc3c(c2Cl)C(=O)c2ccccc2C3=O)c([N+](=O)[O-])cc1C. The number of benzene rings is 3. The van der Waals surface area contributed by atoms with Crippen molar-refractivity contribution >= 4 is 46.4 Å². The molecular formula is C25H17ClN2O7. The van der Waals surface area contributed by atoms with Gasteiger partial charge in [0, 0.05) is 22.8 Å². The van der Waals surface area contributed by atoms with Gasteiger partial charge in [-0.1, -0.05) is 35.9 Å². The second kappa shape index (κ2) is 9.11. The number of fused-ring (bicyclic) bond motifs is 2. The molecular weight excluding hydrogens is 476 g/mol. The van der Waals surface area contributed by atoms with Crippen LogP contribution >= 0.6 is 11.6 Å². The van der Waals surface area contributed by atoms with Crippen molar-refractivity contribution in [3.63, 3.8) is 0 Å². The number of ketones is 2. The lowest BCUT2D eigenvalue weighted by Crippen LogP contribution is -2.24. The zero-order valence-electron chi connectivity index (χ0n) is 18.5. The number of esters is 1. The number of nitrogens with zero attached hydrogens (tertiary/aromatic N) is 1. The van der Waals surface area contributed by atoms with Crippen molar-refractivity contribution in [3.05, 3.63) is 103 Å². The summed E-state index contributed by atoms with van der Waals surface area (Å²) < 4.78 is 5.02. The summed E-state index contributed by atoms with van der Waals surface area (Å²) in [5.74, 6) is -2.71. The largest absolute Gasteiger partial charge is 0.452 e. The third-order valence-electron chi connectivity index (χ3n) is 5.67. The highest BCUT2D eigenvalue weighted by Crippen LogP contribution is 2.34. The van der Waals surface area contributed by atoms with Crippen LogP contribution in [0, 0.1) is 24.0 Å². The number of nitro groups is 1. The number of hydrogen-bond donors (Lipinski definition) is 1. The fourth-order valence-electron chi connectivity index (χ4n) is 3.75. The van der Waals surface area contributed by atoms with E-state index in [4.69, 9.17) is 16.3 Å². The van der Waals surface area contributed by atoms with Gasteiger partial charge in [-0.3, -0.25) is 24.5 Å². The number of carbonyl (C=O) groups is 4. The van der Waals surface area contributed by atoms with Gasteiger partial charge in [0.05, 0.1) is 21.1 Å². The van der Waals surface area contributed by atoms with Crippen molar-refractivity contribution < 1.29 is 28.8 Å². The van der Waals surface area contributed by atoms with E-state index < -0.39 is 35.0 Å². The van der Waals surface area contributed by atoms with Gasteiger partial charge in [0.25, 0.3) is 11.6 Å². The summed E-state index contributed by atoms with van der Waals surface area (Å²) in [6.45, 7) is 2.68. The Bertz CT molecular complexity index is 1460. The number of nitrogens with one attached hydrogen (secondary N) is 1. The lowest BCUT2D eigenvalue weighted by atomic mass is 9.83. The predicted molar refractivity (Wildman–Crippen MR) is 126 cm³/mol. The van der Waals surface area contributed by atoms with Crippen molar-refractivity contribution in [1.29, 1.82) is 0 Å². The van der Waals surface area contributed by atoms with E-state index in [0.717, 1.165) is 5.56 Å². The highest BCUT2D eigenvalue weighted by Gasteiger charge is 2.33. The zero-order valence-corrected chi connectivity index (χ0v) is 19.3. The average Bonchev–Trinajstić information content (AvgIpc) is 2.82. The van der Waals surface area contributed by atoms with Gasteiger partial charge in [-0.25, -0.2) is 4.79 Å². The molecule has 3 aromatic carbocycles. The van der Waals surface area contributed by atoms with Crippen LogP contribution in [0.4, 0.5) is 11.4 Å². The van der Waals surface area contributed by atoms with Gasteiger partial charge >= 0.3 is 5.97 Å². The Kier molecular flexibility index (Phi) is 6.19. The van der Waals surface area contributed by atoms with Crippen LogP contribution in [0.5, 0.6) is 0 Å². The van der Waals surface area contributed by atoms with Crippen LogP contribution in [0.2, 0.25) is 5.02 Å². The van der Waals surface area contributed by atoms with Crippen LogP contribution in [-0.2, 0) is 9.53 Å². The maximum absolute atomic E-state index is 12.9. The molecule has 0 bridgehead atoms. The molecule has 0 unspecified atom stereocenters. The number of ether oxygens (including phenoxy) is 1. The highest BCUT2D eigenvalue weighted by molar-refractivity contribution is 6.41. The van der Waals surface area contributed by atoms with Gasteiger partial charge in [0.15, 0.2) is 18.2 Å². The number of hydrogen-bond acceptors (Lipinski definition) is 7. The first-order chi connectivity index (χ1) is 16.6. The summed E-state index contributed by atoms with van der Waals surface area (Å²) in [6.07, 6.45) is 0. The molecule has 4 rings (SSSR count). The smallest absolute Gasteiger partial charge is 0.340 e. The molecule has 10 heteroatoms. The molecule has 0 saturated carbocycles. The first kappa shape index (κ1) is 23.8. The quantitative estimate of drug-likeness (QED) is 0.247. The van der Waals surface area contributed by atoms with E-state index in [2.05, 4.69) is 5.32 Å². The van der Waals surface area contributed by atoms with Crippen LogP contribution < -0.4 is 5.32 Å². The molecule has 1 amide bonds. The van der Waals surface area contributed by atoms with Gasteiger partial charge in [-0.2, -0.15) is 0 Å². The molecule has 1 aliphatic carbocycles. The Morgan fingerprint density at radius 3 is 2.26 bits per heavy atom. The van der Waals surface area contributed by atoms with E-state index in [1.54, 1.807) is 26.0 Å². The predicted octanol–water partition coefficient (Wildman–Crippen LogP) is 4.44. The van der Waals surface area contributed by atoms with Gasteiger partial charge in [-0.15, -0.1) is 0 Å². The van der Waals surface area contributed by atoms with E-state index in [1.807, 2.05) is 0 Å². The van der Waals surface area contributed by atoms with Crippen LogP contribution in [0.3, 0.4) is 0 Å². The van der Waals surface area contributed by atoms with E-state index in [-0.39, 0.29) is 44.2 Å². The molecule has 0 fully saturated rings. The molecule has 0 aromatic heterocycles. The fourth-order valence-corrected chi connectivity index (χ4v) is 4.08. The molecule has 0 heterocycles. The van der Waals surface area contributed by atoms with E-state index in [1.165, 1.54) is 36.4 Å². The lowest BCUT2D eigenvalue weighted by Gasteiger charge is -2.19. The lowest BCUT2D eigenvalue weighted by molar-refractivity contribution is -0.384. The van der Waals surface area contributed by atoms with Gasteiger partial charge < -0.3 is 10.1 Å². The maximum Gasteiger partial charge on any atom is 0.340 e. The third-order valence-corrected chi connectivity index (χ3v) is 6.06. The minimum Gasteiger partial charge on any atom is -0.452 e. The first-order valence-corrected chi connectivity index (χ1v) is 10.7. The normalized spacial score (nSPS) is 12.0. The molecule has 0 spiro atoms. The average molecular weight is 493 g/mol. The maximum atomic E-state index is 12.9. The second-order valence-corrected chi connectivity index (χ2v) is 8.27. The van der Waals surface area contributed by atoms with Crippen LogP contribution in [-0.4, -0.2) is 35.0 Å². The van der Waals surface area contributed by atoms with Crippen LogP contribution in [0.25, 0.3) is 0 Å². The van der Waals surface area contributed by atoms with Gasteiger partial charge in [-0.05, 0) is 43.2 Å². The van der Waals surface area contributed by atoms with E-state index in [0.29, 0.717) is 5.56 Å². The molecule has 3 aromatic rings. The Hall–Kier alpha value is -4.37. The zero-order chi connectivity index (χ0) is 25.4. The molecule has 9 nitrogen and oxygen atoms in total. The topological polar surface area (TPSA) is 133 Å². The second-order valence-electron chi connectivity index (χ2n) is 7.89. The summed E-state index contributed by atoms with van der Waals surface area (Å²) in [4.78, 5) is 61.3. The summed E-state index contributed by atoms with van der Waals surface area (Å²) >= 11 is 6.33. The number of rotatable bonds is 5. The molecule has 0 aliphatic heterocycles. The van der Waals surface area contributed by atoms with Crippen LogP contribution in [0.15, 0.2) is 48.5 Å². The van der Waals surface area contributed by atoms with Crippen molar-refractivity contribution in [2.24, 2.45) is 0 Å². The number of aryl methyl sites for hydroxylation is 2. The van der Waals surface area contributed by atoms with Crippen molar-refractivity contribution in [3.8, 4) is 0 Å². The summed E-state index contributed by atoms with van der Waals surface area (Å²) in [6, 6.07) is 11.6. The van der Waals surface area contributed by atoms with Crippen molar-refractivity contribution in [2.75, 3.05) is 11.9 Å². The number of amides is 1. The van der Waals surface area contributed by atoms with Crippen molar-refractivity contribution in [2.45, 2.75) is 13.8 Å². The monoisotopic (exact) mass is 492 g/mol. The molecule has 0 saturated heterocycles. The fraction of sp³-hybridized carbons (Fsp3) is 0.120. The Morgan fingerprint density at radius 1 is 0.971 bits per heavy atom. The van der Waals surface area contributed by atoms with Crippen LogP contribution in [0.1, 0.15) is 53.3 Å². The minimum absolute atomic E-state index is 0.0336. The highest BCUT2D eigenvalue weighted by atomic mass is 35.5. The summed E-state index contributed by atoms with van der Waals surface area (Å²) in [7, 11) is 0. The third kappa shape index (κ3) is 4.29. The van der Waals surface area contributed by atoms with E-state index >= 15 is 0 Å². The molecule has 0 atom stereocenters. The number of anilines is 1. The Morgan fingerprint density at radius 2 is 1.60 bits per heavy atom. The van der Waals surface area contributed by atoms with Crippen molar-refractivity contribution in [1.82, 2.24) is 0 Å². The Balaban J connectivity index is 1.53. The summed E-state index contributed by atoms with van der Waals surface area (Å²) in [5.41, 5.74) is 1.25. The number of nitro benzene ring substituents is 1. The molecule has 176 valence electrons. The van der Waals surface area contributed by atoms with Gasteiger partial charge in [0.1, 0.15) is 5.69 Å². The standard InChI is InChI=1S/C25H17ClN2O7/c1-12-9-18(19(28(33)34)10-13(12)2)27-20(29)11-35-25(32)17-8-7-16-21(22(17)26)24(31)15-6-4-3-5-14(15)23(16)30/h3-10H,11H2,1-2H3,(H,27,29). The number of carbonyl (C=O) groups excluding carboxylic acids is 4. The molecule has 0 radical (unpaired) electrons. The first-order valence-electron chi connectivity index (χ1n) is 10.3. The molecule has 1 N–H and O–H groups in total. The molecule has 1 aliphatic rings. The molecule has 35 heavy (non-hydrogen) atoms. The summed E-state index contributed by atoms with van der Waals surface area (Å²) in [5, 5.41) is 13.4. The Labute approximate surface area is 203 Å².